The van der Waals surface area contributed by atoms with Crippen LogP contribution in [0.15, 0.2) is 55.1 Å². The van der Waals surface area contributed by atoms with Crippen molar-refractivity contribution in [2.24, 2.45) is 0 Å². The fraction of sp³-hybridized carbons (Fsp3) is 0.444. The summed E-state index contributed by atoms with van der Waals surface area (Å²) in [6.45, 7) is 17.5. The Hall–Kier alpha value is -2.37. The fourth-order valence-electron chi connectivity index (χ4n) is 5.50. The van der Waals surface area contributed by atoms with Crippen molar-refractivity contribution >= 4 is 26.0 Å². The molecule has 3 rings (SSSR count). The molecule has 0 aliphatic carbocycles. The molecule has 2 atom stereocenters. The van der Waals surface area contributed by atoms with Crippen molar-refractivity contribution in [2.75, 3.05) is 12.0 Å². The number of carbonyl (C=O) groups excluding carboxylic acids is 1. The lowest BCUT2D eigenvalue weighted by Gasteiger charge is -2.53. The zero-order valence-electron chi connectivity index (χ0n) is 20.5. The molecule has 1 heterocycles. The number of nitrogens with zero attached hydrogens (tertiary/aromatic N) is 1. The number of benzene rings is 2. The first-order valence-electron chi connectivity index (χ1n) is 11.5. The summed E-state index contributed by atoms with van der Waals surface area (Å²) < 4.78 is 12.3. The molecule has 0 N–H and O–H groups in total. The zero-order valence-corrected chi connectivity index (χ0v) is 21.5. The van der Waals surface area contributed by atoms with E-state index in [4.69, 9.17) is 9.16 Å². The Morgan fingerprint density at radius 1 is 0.938 bits per heavy atom. The van der Waals surface area contributed by atoms with E-state index in [1.54, 1.807) is 7.11 Å². The molecule has 32 heavy (non-hydrogen) atoms. The van der Waals surface area contributed by atoms with Gasteiger partial charge in [0, 0.05) is 5.69 Å². The zero-order chi connectivity index (χ0) is 23.6. The second-order valence-electron chi connectivity index (χ2n) is 9.54. The van der Waals surface area contributed by atoms with Crippen LogP contribution in [0.2, 0.25) is 16.6 Å². The summed E-state index contributed by atoms with van der Waals surface area (Å²) >= 11 is 0. The molecule has 1 saturated heterocycles. The van der Waals surface area contributed by atoms with E-state index in [0.29, 0.717) is 16.6 Å². The van der Waals surface area contributed by atoms with Crippen LogP contribution >= 0.6 is 0 Å². The Kier molecular flexibility index (Phi) is 7.31. The Labute approximate surface area is 194 Å². The number of anilines is 1. The van der Waals surface area contributed by atoms with Gasteiger partial charge in [0.2, 0.25) is 8.32 Å². The van der Waals surface area contributed by atoms with Gasteiger partial charge >= 0.3 is 0 Å². The Balaban J connectivity index is 2.08. The molecule has 0 bridgehead atoms. The quantitative estimate of drug-likeness (QED) is 0.305. The number of rotatable bonds is 9. The number of amides is 1. The van der Waals surface area contributed by atoms with Crippen LogP contribution in [-0.2, 0) is 9.22 Å². The van der Waals surface area contributed by atoms with Gasteiger partial charge < -0.3 is 9.16 Å². The summed E-state index contributed by atoms with van der Waals surface area (Å²) in [5.74, 6) is 0.793. The molecule has 2 aromatic rings. The third-order valence-electron chi connectivity index (χ3n) is 6.97. The normalized spacial score (nSPS) is 18.9. The second kappa shape index (κ2) is 9.63. The van der Waals surface area contributed by atoms with E-state index in [9.17, 15) is 4.79 Å². The molecule has 0 radical (unpaired) electrons. The maximum Gasteiger partial charge on any atom is 0.258 e. The van der Waals surface area contributed by atoms with E-state index in [-0.39, 0.29) is 11.9 Å². The van der Waals surface area contributed by atoms with Gasteiger partial charge in [0.25, 0.3) is 5.91 Å². The SMILES string of the molecule is C=Cc1ccccc1[C@H]1[C@@H](O[Si](C(C)C)(C(C)C)C(C)C)C(=O)N1c1ccc(OC)cc1. The number of β-lactam (4-membered cyclic amide) rings is 1. The molecule has 1 aliphatic rings. The molecule has 1 fully saturated rings. The van der Waals surface area contributed by atoms with Gasteiger partial charge in [-0.25, -0.2) is 0 Å². The lowest BCUT2D eigenvalue weighted by molar-refractivity contribution is -0.136. The number of carbonyl (C=O) groups is 1. The molecule has 5 heteroatoms. The summed E-state index contributed by atoms with van der Waals surface area (Å²) in [6, 6.07) is 15.6. The predicted octanol–water partition coefficient (Wildman–Crippen LogP) is 6.99. The van der Waals surface area contributed by atoms with Gasteiger partial charge in [0.1, 0.15) is 11.9 Å². The molecule has 0 spiro atoms. The van der Waals surface area contributed by atoms with E-state index >= 15 is 0 Å². The van der Waals surface area contributed by atoms with Gasteiger partial charge in [-0.15, -0.1) is 0 Å². The van der Waals surface area contributed by atoms with Crippen molar-refractivity contribution in [3.63, 3.8) is 0 Å². The van der Waals surface area contributed by atoms with Crippen molar-refractivity contribution in [1.29, 1.82) is 0 Å². The predicted molar refractivity (Wildman–Crippen MR) is 136 cm³/mol. The Bertz CT molecular complexity index is 930. The van der Waals surface area contributed by atoms with Crippen LogP contribution in [0.25, 0.3) is 6.08 Å². The first-order chi connectivity index (χ1) is 15.2. The highest BCUT2D eigenvalue weighted by Gasteiger charge is 2.56. The molecule has 1 amide bonds. The average Bonchev–Trinajstić information content (AvgIpc) is 2.77. The van der Waals surface area contributed by atoms with E-state index in [2.05, 4.69) is 54.2 Å². The van der Waals surface area contributed by atoms with Crippen molar-refractivity contribution in [3.8, 4) is 5.75 Å². The first kappa shape index (κ1) is 24.3. The molecular formula is C27H37NO3Si. The summed E-state index contributed by atoms with van der Waals surface area (Å²) in [5.41, 5.74) is 4.16. The average molecular weight is 452 g/mol. The Morgan fingerprint density at radius 3 is 2.00 bits per heavy atom. The standard InChI is InChI=1S/C27H37NO3Si/c1-9-21-12-10-11-13-24(21)25-26(31-32(18(2)3,19(4)5)20(6)7)27(29)28(25)22-14-16-23(30-8)17-15-22/h9-20,25-26H,1H2,2-8H3/t25-,26+/m0/s1. The highest BCUT2D eigenvalue weighted by molar-refractivity contribution is 6.77. The molecule has 0 saturated carbocycles. The third-order valence-corrected chi connectivity index (χ3v) is 13.0. The van der Waals surface area contributed by atoms with Crippen LogP contribution in [0.4, 0.5) is 5.69 Å². The molecule has 2 aromatic carbocycles. The third kappa shape index (κ3) is 4.04. The topological polar surface area (TPSA) is 38.8 Å². The van der Waals surface area contributed by atoms with Crippen LogP contribution in [0.5, 0.6) is 5.75 Å². The van der Waals surface area contributed by atoms with Crippen molar-refractivity contribution in [1.82, 2.24) is 0 Å². The summed E-state index contributed by atoms with van der Waals surface area (Å²) in [4.78, 5) is 15.5. The van der Waals surface area contributed by atoms with Crippen LogP contribution in [0.1, 0.15) is 58.7 Å². The van der Waals surface area contributed by atoms with Crippen molar-refractivity contribution in [3.05, 3.63) is 66.2 Å². The van der Waals surface area contributed by atoms with E-state index < -0.39 is 14.4 Å². The maximum absolute atomic E-state index is 13.6. The monoisotopic (exact) mass is 451 g/mol. The van der Waals surface area contributed by atoms with Crippen molar-refractivity contribution in [2.45, 2.75) is 70.3 Å². The van der Waals surface area contributed by atoms with Gasteiger partial charge in [-0.3, -0.25) is 9.69 Å². The van der Waals surface area contributed by atoms with Crippen molar-refractivity contribution < 1.29 is 14.0 Å². The minimum Gasteiger partial charge on any atom is -0.497 e. The second-order valence-corrected chi connectivity index (χ2v) is 14.9. The highest BCUT2D eigenvalue weighted by Crippen LogP contribution is 2.49. The summed E-state index contributed by atoms with van der Waals surface area (Å²) in [6.07, 6.45) is 1.37. The number of ether oxygens (including phenoxy) is 1. The summed E-state index contributed by atoms with van der Waals surface area (Å²) in [5, 5.41) is 0. The van der Waals surface area contributed by atoms with Crippen LogP contribution < -0.4 is 9.64 Å². The number of hydrogen-bond acceptors (Lipinski definition) is 3. The molecular weight excluding hydrogens is 414 g/mol. The molecule has 1 aliphatic heterocycles. The minimum atomic E-state index is -2.24. The molecule has 4 nitrogen and oxygen atoms in total. The van der Waals surface area contributed by atoms with E-state index in [1.807, 2.05) is 53.4 Å². The van der Waals surface area contributed by atoms with Gasteiger partial charge in [0.15, 0.2) is 0 Å². The Morgan fingerprint density at radius 2 is 1.50 bits per heavy atom. The van der Waals surface area contributed by atoms with Gasteiger partial charge in [0.05, 0.1) is 13.2 Å². The smallest absolute Gasteiger partial charge is 0.258 e. The van der Waals surface area contributed by atoms with Crippen LogP contribution in [0, 0.1) is 0 Å². The summed E-state index contributed by atoms with van der Waals surface area (Å²) in [7, 11) is -0.599. The molecule has 172 valence electrons. The van der Waals surface area contributed by atoms with Crippen LogP contribution in [-0.4, -0.2) is 27.4 Å². The molecule has 0 aromatic heterocycles. The van der Waals surface area contributed by atoms with E-state index in [1.165, 1.54) is 0 Å². The highest BCUT2D eigenvalue weighted by atomic mass is 28.4. The van der Waals surface area contributed by atoms with Crippen LogP contribution in [0.3, 0.4) is 0 Å². The van der Waals surface area contributed by atoms with Gasteiger partial charge in [-0.1, -0.05) is 78.5 Å². The number of hydrogen-bond donors (Lipinski definition) is 0. The first-order valence-corrected chi connectivity index (χ1v) is 13.7. The van der Waals surface area contributed by atoms with Gasteiger partial charge in [-0.2, -0.15) is 0 Å². The van der Waals surface area contributed by atoms with E-state index in [0.717, 1.165) is 22.6 Å². The number of methoxy groups -OCH3 is 1. The minimum absolute atomic E-state index is 0.0258. The molecule has 0 unspecified atom stereocenters. The lowest BCUT2D eigenvalue weighted by atomic mass is 9.87. The lowest BCUT2D eigenvalue weighted by Crippen LogP contribution is -2.65. The largest absolute Gasteiger partial charge is 0.497 e. The fourth-order valence-corrected chi connectivity index (χ4v) is 11.0. The van der Waals surface area contributed by atoms with Gasteiger partial charge in [-0.05, 0) is 52.0 Å². The maximum atomic E-state index is 13.6.